The standard InChI is InChI=1S/C10H17N3O/c1-3-8(7-11)12-9-5-4-6-10(13-9)14-2/h4-6,8H,3,7,11H2,1-2H3,(H,12,13). The maximum absolute atomic E-state index is 5.58. The Morgan fingerprint density at radius 2 is 2.36 bits per heavy atom. The van der Waals surface area contributed by atoms with Crippen LogP contribution in [-0.4, -0.2) is 24.7 Å². The Bertz CT molecular complexity index is 274. The Morgan fingerprint density at radius 1 is 1.57 bits per heavy atom. The van der Waals surface area contributed by atoms with Gasteiger partial charge in [0.1, 0.15) is 5.82 Å². The van der Waals surface area contributed by atoms with Crippen molar-refractivity contribution < 1.29 is 4.74 Å². The van der Waals surface area contributed by atoms with E-state index in [1.165, 1.54) is 0 Å². The van der Waals surface area contributed by atoms with Crippen molar-refractivity contribution in [1.29, 1.82) is 0 Å². The minimum absolute atomic E-state index is 0.273. The smallest absolute Gasteiger partial charge is 0.214 e. The van der Waals surface area contributed by atoms with Crippen LogP contribution in [-0.2, 0) is 0 Å². The number of aromatic nitrogens is 1. The quantitative estimate of drug-likeness (QED) is 0.742. The van der Waals surface area contributed by atoms with E-state index in [1.807, 2.05) is 18.2 Å². The number of nitrogens with zero attached hydrogens (tertiary/aromatic N) is 1. The normalized spacial score (nSPS) is 12.2. The molecular formula is C10H17N3O. The van der Waals surface area contributed by atoms with Gasteiger partial charge in [-0.15, -0.1) is 0 Å². The summed E-state index contributed by atoms with van der Waals surface area (Å²) in [4.78, 5) is 4.24. The van der Waals surface area contributed by atoms with Crippen LogP contribution >= 0.6 is 0 Å². The molecule has 1 heterocycles. The fraction of sp³-hybridized carbons (Fsp3) is 0.500. The zero-order valence-corrected chi connectivity index (χ0v) is 8.66. The van der Waals surface area contributed by atoms with Crippen LogP contribution in [0.4, 0.5) is 5.82 Å². The molecule has 0 aliphatic rings. The largest absolute Gasteiger partial charge is 0.481 e. The number of methoxy groups -OCH3 is 1. The number of nitrogens with two attached hydrogens (primary N) is 1. The van der Waals surface area contributed by atoms with Crippen molar-refractivity contribution in [3.05, 3.63) is 18.2 Å². The van der Waals surface area contributed by atoms with Gasteiger partial charge in [0.05, 0.1) is 7.11 Å². The van der Waals surface area contributed by atoms with Crippen LogP contribution in [0.3, 0.4) is 0 Å². The van der Waals surface area contributed by atoms with Gasteiger partial charge in [0, 0.05) is 18.7 Å². The fourth-order valence-electron chi connectivity index (χ4n) is 1.15. The monoisotopic (exact) mass is 195 g/mol. The number of rotatable bonds is 5. The molecule has 4 heteroatoms. The molecule has 0 saturated carbocycles. The molecule has 3 N–H and O–H groups in total. The molecule has 0 fully saturated rings. The Morgan fingerprint density at radius 3 is 2.93 bits per heavy atom. The Labute approximate surface area is 84.5 Å². The summed E-state index contributed by atoms with van der Waals surface area (Å²) in [6, 6.07) is 5.89. The lowest BCUT2D eigenvalue weighted by Crippen LogP contribution is -2.28. The van der Waals surface area contributed by atoms with Crippen LogP contribution in [0.5, 0.6) is 5.88 Å². The van der Waals surface area contributed by atoms with Crippen LogP contribution in [0, 0.1) is 0 Å². The number of hydrogen-bond donors (Lipinski definition) is 2. The molecule has 0 bridgehead atoms. The maximum atomic E-state index is 5.58. The van der Waals surface area contributed by atoms with Crippen LogP contribution < -0.4 is 15.8 Å². The van der Waals surface area contributed by atoms with E-state index in [0.717, 1.165) is 12.2 Å². The molecule has 0 aromatic carbocycles. The number of pyridine rings is 1. The first-order chi connectivity index (χ1) is 6.80. The lowest BCUT2D eigenvalue weighted by Gasteiger charge is -2.15. The van der Waals surface area contributed by atoms with Crippen LogP contribution in [0.1, 0.15) is 13.3 Å². The lowest BCUT2D eigenvalue weighted by atomic mass is 10.2. The SMILES string of the molecule is CCC(CN)Nc1cccc(OC)n1. The molecule has 0 aliphatic carbocycles. The summed E-state index contributed by atoms with van der Waals surface area (Å²) in [5.41, 5.74) is 5.58. The van der Waals surface area contributed by atoms with Gasteiger partial charge >= 0.3 is 0 Å². The zero-order valence-electron chi connectivity index (χ0n) is 8.66. The van der Waals surface area contributed by atoms with E-state index < -0.39 is 0 Å². The Balaban J connectivity index is 2.65. The van der Waals surface area contributed by atoms with E-state index in [1.54, 1.807) is 7.11 Å². The third-order valence-corrected chi connectivity index (χ3v) is 2.06. The highest BCUT2D eigenvalue weighted by Gasteiger charge is 2.04. The van der Waals surface area contributed by atoms with Crippen molar-refractivity contribution in [2.75, 3.05) is 19.0 Å². The molecule has 1 aromatic heterocycles. The predicted molar refractivity (Wildman–Crippen MR) is 57.5 cm³/mol. The lowest BCUT2D eigenvalue weighted by molar-refractivity contribution is 0.398. The second-order valence-corrected chi connectivity index (χ2v) is 3.05. The van der Waals surface area contributed by atoms with Gasteiger partial charge in [-0.1, -0.05) is 13.0 Å². The van der Waals surface area contributed by atoms with E-state index in [-0.39, 0.29) is 6.04 Å². The van der Waals surface area contributed by atoms with E-state index >= 15 is 0 Å². The molecule has 1 aromatic rings. The molecule has 1 rings (SSSR count). The average Bonchev–Trinajstić information content (AvgIpc) is 2.26. The van der Waals surface area contributed by atoms with Gasteiger partial charge in [0.25, 0.3) is 0 Å². The summed E-state index contributed by atoms with van der Waals surface area (Å²) >= 11 is 0. The summed E-state index contributed by atoms with van der Waals surface area (Å²) in [6.07, 6.45) is 0.982. The molecular weight excluding hydrogens is 178 g/mol. The van der Waals surface area contributed by atoms with Crippen LogP contribution in [0.15, 0.2) is 18.2 Å². The summed E-state index contributed by atoms with van der Waals surface area (Å²) in [7, 11) is 1.60. The first-order valence-corrected chi connectivity index (χ1v) is 4.77. The second-order valence-electron chi connectivity index (χ2n) is 3.05. The van der Waals surface area contributed by atoms with E-state index in [4.69, 9.17) is 10.5 Å². The van der Waals surface area contributed by atoms with Crippen molar-refractivity contribution in [1.82, 2.24) is 4.98 Å². The molecule has 78 valence electrons. The molecule has 0 radical (unpaired) electrons. The van der Waals surface area contributed by atoms with E-state index in [9.17, 15) is 0 Å². The van der Waals surface area contributed by atoms with Crippen LogP contribution in [0.25, 0.3) is 0 Å². The number of hydrogen-bond acceptors (Lipinski definition) is 4. The molecule has 1 atom stereocenters. The van der Waals surface area contributed by atoms with Gasteiger partial charge in [-0.05, 0) is 12.5 Å². The van der Waals surface area contributed by atoms with Crippen molar-refractivity contribution in [2.24, 2.45) is 5.73 Å². The third-order valence-electron chi connectivity index (χ3n) is 2.06. The minimum Gasteiger partial charge on any atom is -0.481 e. The van der Waals surface area contributed by atoms with Crippen molar-refractivity contribution in [3.63, 3.8) is 0 Å². The molecule has 4 nitrogen and oxygen atoms in total. The van der Waals surface area contributed by atoms with Gasteiger partial charge in [-0.25, -0.2) is 0 Å². The van der Waals surface area contributed by atoms with Gasteiger partial charge in [0.15, 0.2) is 0 Å². The van der Waals surface area contributed by atoms with E-state index in [2.05, 4.69) is 17.2 Å². The van der Waals surface area contributed by atoms with Crippen LogP contribution in [0.2, 0.25) is 0 Å². The van der Waals surface area contributed by atoms with Crippen molar-refractivity contribution in [3.8, 4) is 5.88 Å². The second kappa shape index (κ2) is 5.44. The summed E-state index contributed by atoms with van der Waals surface area (Å²) in [6.45, 7) is 2.69. The first-order valence-electron chi connectivity index (χ1n) is 4.77. The highest BCUT2D eigenvalue weighted by atomic mass is 16.5. The van der Waals surface area contributed by atoms with E-state index in [0.29, 0.717) is 12.4 Å². The highest BCUT2D eigenvalue weighted by Crippen LogP contribution is 2.11. The molecule has 1 unspecified atom stereocenters. The Hall–Kier alpha value is -1.29. The first kappa shape index (κ1) is 10.8. The molecule has 0 spiro atoms. The maximum Gasteiger partial charge on any atom is 0.214 e. The molecule has 0 aliphatic heterocycles. The predicted octanol–water partition coefficient (Wildman–Crippen LogP) is 1.24. The summed E-state index contributed by atoms with van der Waals surface area (Å²) in [5.74, 6) is 1.42. The van der Waals surface area contributed by atoms with Gasteiger partial charge < -0.3 is 15.8 Å². The zero-order chi connectivity index (χ0) is 10.4. The molecule has 0 saturated heterocycles. The fourth-order valence-corrected chi connectivity index (χ4v) is 1.15. The van der Waals surface area contributed by atoms with Gasteiger partial charge in [-0.2, -0.15) is 4.98 Å². The molecule has 14 heavy (non-hydrogen) atoms. The van der Waals surface area contributed by atoms with Gasteiger partial charge in [0.2, 0.25) is 5.88 Å². The number of anilines is 1. The summed E-state index contributed by atoms with van der Waals surface area (Å²) < 4.78 is 5.02. The Kier molecular flexibility index (Phi) is 4.19. The van der Waals surface area contributed by atoms with Crippen molar-refractivity contribution >= 4 is 5.82 Å². The third kappa shape index (κ3) is 2.88. The number of nitrogens with one attached hydrogen (secondary N) is 1. The average molecular weight is 195 g/mol. The van der Waals surface area contributed by atoms with Crippen molar-refractivity contribution in [2.45, 2.75) is 19.4 Å². The topological polar surface area (TPSA) is 60.2 Å². The minimum atomic E-state index is 0.273. The number of ether oxygens (including phenoxy) is 1. The highest BCUT2D eigenvalue weighted by molar-refractivity contribution is 5.38. The molecule has 0 amide bonds. The summed E-state index contributed by atoms with van der Waals surface area (Å²) in [5, 5.41) is 3.24. The van der Waals surface area contributed by atoms with Gasteiger partial charge in [-0.3, -0.25) is 0 Å².